The molecule has 0 radical (unpaired) electrons. The van der Waals surface area contributed by atoms with Crippen molar-refractivity contribution in [2.45, 2.75) is 19.9 Å². The third-order valence-corrected chi connectivity index (χ3v) is 2.43. The number of aromatic nitrogens is 4. The van der Waals surface area contributed by atoms with E-state index in [1.54, 1.807) is 19.1 Å². The molecule has 0 aliphatic rings. The molecule has 1 aromatic carbocycles. The molecular weight excluding hydrogens is 237 g/mol. The molecule has 2 rings (SSSR count). The van der Waals surface area contributed by atoms with Gasteiger partial charge in [0.25, 0.3) is 0 Å². The molecule has 0 atom stereocenters. The summed E-state index contributed by atoms with van der Waals surface area (Å²) in [6, 6.07) is 4.52. The van der Waals surface area contributed by atoms with E-state index in [1.807, 2.05) is 0 Å². The minimum absolute atomic E-state index is 0.0552. The van der Waals surface area contributed by atoms with Gasteiger partial charge in [-0.1, -0.05) is 13.0 Å². The fraction of sp³-hybridized carbons (Fsp3) is 0.273. The Morgan fingerprint density at radius 2 is 2.33 bits per heavy atom. The van der Waals surface area contributed by atoms with Crippen LogP contribution in [0.15, 0.2) is 18.2 Å². The van der Waals surface area contributed by atoms with Crippen molar-refractivity contribution in [1.29, 1.82) is 0 Å². The van der Waals surface area contributed by atoms with E-state index in [1.165, 1.54) is 6.07 Å². The Balaban J connectivity index is 2.19. The van der Waals surface area contributed by atoms with E-state index in [0.717, 1.165) is 5.56 Å². The molecule has 0 saturated heterocycles. The molecule has 1 aromatic heterocycles. The minimum Gasteiger partial charge on any atom is -0.352 e. The van der Waals surface area contributed by atoms with Gasteiger partial charge in [-0.15, -0.1) is 10.2 Å². The highest BCUT2D eigenvalue weighted by molar-refractivity contribution is 5.75. The summed E-state index contributed by atoms with van der Waals surface area (Å²) in [5.41, 5.74) is 1.03. The van der Waals surface area contributed by atoms with Crippen molar-refractivity contribution in [3.05, 3.63) is 29.6 Å². The van der Waals surface area contributed by atoms with Crippen LogP contribution in [0.1, 0.15) is 18.9 Å². The van der Waals surface area contributed by atoms with E-state index in [2.05, 4.69) is 25.9 Å². The van der Waals surface area contributed by atoms with Crippen LogP contribution in [0.2, 0.25) is 0 Å². The largest absolute Gasteiger partial charge is 0.352 e. The molecule has 2 N–H and O–H groups in total. The average molecular weight is 249 g/mol. The zero-order chi connectivity index (χ0) is 13.0. The lowest BCUT2D eigenvalue weighted by atomic mass is 10.1. The molecule has 0 aliphatic heterocycles. The third kappa shape index (κ3) is 2.68. The van der Waals surface area contributed by atoms with Crippen LogP contribution in [0, 0.1) is 5.82 Å². The van der Waals surface area contributed by atoms with Crippen molar-refractivity contribution in [2.24, 2.45) is 0 Å². The van der Waals surface area contributed by atoms with Crippen LogP contribution < -0.4 is 5.32 Å². The summed E-state index contributed by atoms with van der Waals surface area (Å²) >= 11 is 0. The van der Waals surface area contributed by atoms with E-state index in [-0.39, 0.29) is 17.3 Å². The van der Waals surface area contributed by atoms with Crippen LogP contribution in [-0.4, -0.2) is 26.5 Å². The van der Waals surface area contributed by atoms with Crippen molar-refractivity contribution in [2.75, 3.05) is 0 Å². The number of nitrogens with one attached hydrogen (secondary N) is 2. The molecule has 94 valence electrons. The van der Waals surface area contributed by atoms with Crippen molar-refractivity contribution in [3.63, 3.8) is 0 Å². The molecule has 1 amide bonds. The maximum absolute atomic E-state index is 13.6. The summed E-state index contributed by atoms with van der Waals surface area (Å²) in [6.07, 6.45) is 0.416. The predicted octanol–water partition coefficient (Wildman–Crippen LogP) is 1.03. The number of aromatic amines is 1. The molecule has 0 aliphatic carbocycles. The van der Waals surface area contributed by atoms with Gasteiger partial charge in [-0.25, -0.2) is 4.39 Å². The molecule has 0 fully saturated rings. The first-order valence-electron chi connectivity index (χ1n) is 5.49. The Morgan fingerprint density at radius 1 is 1.50 bits per heavy atom. The van der Waals surface area contributed by atoms with E-state index >= 15 is 0 Å². The molecule has 6 nitrogen and oxygen atoms in total. The Bertz CT molecular complexity index is 540. The number of H-pyrrole nitrogens is 1. The van der Waals surface area contributed by atoms with Gasteiger partial charge in [0.2, 0.25) is 11.7 Å². The van der Waals surface area contributed by atoms with Crippen LogP contribution in [0.5, 0.6) is 0 Å². The lowest BCUT2D eigenvalue weighted by Gasteiger charge is -2.05. The summed E-state index contributed by atoms with van der Waals surface area (Å²) in [5.74, 6) is -0.293. The SMILES string of the molecule is CCC(=O)NCc1ccc(F)c(-c2nn[nH]n2)c1. The highest BCUT2D eigenvalue weighted by atomic mass is 19.1. The fourth-order valence-corrected chi connectivity index (χ4v) is 1.46. The summed E-state index contributed by atoms with van der Waals surface area (Å²) in [5, 5.41) is 15.8. The van der Waals surface area contributed by atoms with Crippen molar-refractivity contribution in [3.8, 4) is 11.4 Å². The van der Waals surface area contributed by atoms with Gasteiger partial charge in [0.05, 0.1) is 5.56 Å². The fourth-order valence-electron chi connectivity index (χ4n) is 1.46. The third-order valence-electron chi connectivity index (χ3n) is 2.43. The lowest BCUT2D eigenvalue weighted by Crippen LogP contribution is -2.21. The number of halogens is 1. The highest BCUT2D eigenvalue weighted by Gasteiger charge is 2.10. The summed E-state index contributed by atoms with van der Waals surface area (Å²) in [6.45, 7) is 2.11. The normalized spacial score (nSPS) is 10.3. The first kappa shape index (κ1) is 12.2. The number of carbonyl (C=O) groups excluding carboxylic acids is 1. The molecule has 0 saturated carbocycles. The smallest absolute Gasteiger partial charge is 0.219 e. The second-order valence-corrected chi connectivity index (χ2v) is 3.68. The van der Waals surface area contributed by atoms with Gasteiger partial charge in [-0.3, -0.25) is 4.79 Å². The quantitative estimate of drug-likeness (QED) is 0.847. The number of nitrogens with zero attached hydrogens (tertiary/aromatic N) is 3. The molecule has 2 aromatic rings. The molecule has 1 heterocycles. The molecule has 0 bridgehead atoms. The first-order valence-corrected chi connectivity index (χ1v) is 5.49. The number of rotatable bonds is 4. The first-order chi connectivity index (χ1) is 8.70. The van der Waals surface area contributed by atoms with E-state index < -0.39 is 5.82 Å². The van der Waals surface area contributed by atoms with Gasteiger partial charge in [0.1, 0.15) is 5.82 Å². The lowest BCUT2D eigenvalue weighted by molar-refractivity contribution is -0.120. The van der Waals surface area contributed by atoms with Gasteiger partial charge in [0.15, 0.2) is 0 Å². The van der Waals surface area contributed by atoms with E-state index in [4.69, 9.17) is 0 Å². The van der Waals surface area contributed by atoms with Gasteiger partial charge in [-0.2, -0.15) is 5.21 Å². The van der Waals surface area contributed by atoms with Crippen molar-refractivity contribution >= 4 is 5.91 Å². The van der Waals surface area contributed by atoms with E-state index in [9.17, 15) is 9.18 Å². The average Bonchev–Trinajstić information content (AvgIpc) is 2.91. The Labute approximate surface area is 103 Å². The standard InChI is InChI=1S/C11H12FN5O/c1-2-10(18)13-6-7-3-4-9(12)8(5-7)11-14-16-17-15-11/h3-5H,2,6H2,1H3,(H,13,18)(H,14,15,16,17). The number of carbonyl (C=O) groups is 1. The van der Waals surface area contributed by atoms with Gasteiger partial charge >= 0.3 is 0 Å². The van der Waals surface area contributed by atoms with Crippen molar-refractivity contribution in [1.82, 2.24) is 25.9 Å². The molecule has 18 heavy (non-hydrogen) atoms. The summed E-state index contributed by atoms with van der Waals surface area (Å²) < 4.78 is 13.6. The molecule has 0 spiro atoms. The van der Waals surface area contributed by atoms with Crippen LogP contribution in [0.25, 0.3) is 11.4 Å². The zero-order valence-electron chi connectivity index (χ0n) is 9.77. The number of hydrogen-bond acceptors (Lipinski definition) is 4. The molecule has 7 heteroatoms. The minimum atomic E-state index is -0.429. The monoisotopic (exact) mass is 249 g/mol. The second-order valence-electron chi connectivity index (χ2n) is 3.68. The Kier molecular flexibility index (Phi) is 3.61. The maximum atomic E-state index is 13.6. The molecular formula is C11H12FN5O. The summed E-state index contributed by atoms with van der Waals surface area (Å²) in [4.78, 5) is 11.1. The predicted molar refractivity (Wildman–Crippen MR) is 61.7 cm³/mol. The highest BCUT2D eigenvalue weighted by Crippen LogP contribution is 2.19. The van der Waals surface area contributed by atoms with Crippen LogP contribution in [-0.2, 0) is 11.3 Å². The molecule has 0 unspecified atom stereocenters. The Hall–Kier alpha value is -2.31. The number of tetrazole rings is 1. The van der Waals surface area contributed by atoms with Crippen LogP contribution >= 0.6 is 0 Å². The maximum Gasteiger partial charge on any atom is 0.219 e. The van der Waals surface area contributed by atoms with E-state index in [0.29, 0.717) is 13.0 Å². The number of hydrogen-bond donors (Lipinski definition) is 2. The van der Waals surface area contributed by atoms with Crippen LogP contribution in [0.4, 0.5) is 4.39 Å². The van der Waals surface area contributed by atoms with Crippen LogP contribution in [0.3, 0.4) is 0 Å². The van der Waals surface area contributed by atoms with Gasteiger partial charge in [-0.05, 0) is 22.9 Å². The number of amides is 1. The second kappa shape index (κ2) is 5.35. The number of benzene rings is 1. The summed E-state index contributed by atoms with van der Waals surface area (Å²) in [7, 11) is 0. The van der Waals surface area contributed by atoms with Gasteiger partial charge < -0.3 is 5.32 Å². The van der Waals surface area contributed by atoms with Crippen molar-refractivity contribution < 1.29 is 9.18 Å². The topological polar surface area (TPSA) is 83.6 Å². The van der Waals surface area contributed by atoms with Gasteiger partial charge in [0, 0.05) is 13.0 Å². The zero-order valence-corrected chi connectivity index (χ0v) is 9.77. The Morgan fingerprint density at radius 3 is 3.00 bits per heavy atom.